The molecule has 0 N–H and O–H groups in total. The Balaban J connectivity index is 1.38. The van der Waals surface area contributed by atoms with E-state index in [9.17, 15) is 4.79 Å². The van der Waals surface area contributed by atoms with E-state index in [4.69, 9.17) is 20.8 Å². The number of ether oxygens (including phenoxy) is 1. The lowest BCUT2D eigenvalue weighted by molar-refractivity contribution is 0.0623. The van der Waals surface area contributed by atoms with E-state index in [1.165, 1.54) is 0 Å². The Morgan fingerprint density at radius 2 is 1.80 bits per heavy atom. The predicted octanol–water partition coefficient (Wildman–Crippen LogP) is 4.27. The van der Waals surface area contributed by atoms with Gasteiger partial charge in [-0.15, -0.1) is 0 Å². The maximum Gasteiger partial charge on any atom is 0.257 e. The maximum atomic E-state index is 12.9. The Morgan fingerprint density at radius 3 is 2.50 bits per heavy atom. The van der Waals surface area contributed by atoms with Gasteiger partial charge in [0.15, 0.2) is 0 Å². The standard InChI is InChI=1S/C23H24ClN3O3/c1-16-20(25-22(30-16)17-7-9-18(24)10-8-17)15-26-11-13-27(14-12-26)23(28)19-5-3-4-6-21(19)29-2/h3-10H,11-15H2,1-2H3. The van der Waals surface area contributed by atoms with Crippen molar-refractivity contribution in [1.82, 2.24) is 14.8 Å². The quantitative estimate of drug-likeness (QED) is 0.611. The summed E-state index contributed by atoms with van der Waals surface area (Å²) in [7, 11) is 1.59. The summed E-state index contributed by atoms with van der Waals surface area (Å²) in [5, 5.41) is 0.683. The number of aromatic nitrogens is 1. The molecule has 1 amide bonds. The normalized spacial score (nSPS) is 14.7. The highest BCUT2D eigenvalue weighted by atomic mass is 35.5. The average molecular weight is 426 g/mol. The van der Waals surface area contributed by atoms with Crippen LogP contribution in [-0.2, 0) is 6.54 Å². The first-order chi connectivity index (χ1) is 14.5. The summed E-state index contributed by atoms with van der Waals surface area (Å²) in [6.45, 7) is 5.52. The molecule has 4 rings (SSSR count). The summed E-state index contributed by atoms with van der Waals surface area (Å²) >= 11 is 5.96. The molecule has 2 heterocycles. The van der Waals surface area contributed by atoms with Gasteiger partial charge >= 0.3 is 0 Å². The maximum absolute atomic E-state index is 12.9. The molecule has 6 nitrogen and oxygen atoms in total. The highest BCUT2D eigenvalue weighted by Gasteiger charge is 2.25. The van der Waals surface area contributed by atoms with Gasteiger partial charge in [-0.2, -0.15) is 0 Å². The minimum absolute atomic E-state index is 0.00902. The minimum atomic E-state index is 0.00902. The molecule has 30 heavy (non-hydrogen) atoms. The molecule has 1 fully saturated rings. The number of hydrogen-bond donors (Lipinski definition) is 0. The summed E-state index contributed by atoms with van der Waals surface area (Å²) in [4.78, 5) is 21.7. The molecule has 0 radical (unpaired) electrons. The lowest BCUT2D eigenvalue weighted by atomic mass is 10.1. The fraction of sp³-hybridized carbons (Fsp3) is 0.304. The van der Waals surface area contributed by atoms with Crippen LogP contribution in [0.4, 0.5) is 0 Å². The molecular formula is C23H24ClN3O3. The van der Waals surface area contributed by atoms with E-state index in [0.717, 1.165) is 30.1 Å². The summed E-state index contributed by atoms with van der Waals surface area (Å²) < 4.78 is 11.2. The zero-order chi connectivity index (χ0) is 21.1. The van der Waals surface area contributed by atoms with E-state index in [1.54, 1.807) is 7.11 Å². The number of rotatable bonds is 5. The summed E-state index contributed by atoms with van der Waals surface area (Å²) in [6, 6.07) is 14.8. The second-order valence-electron chi connectivity index (χ2n) is 7.30. The van der Waals surface area contributed by atoms with Gasteiger partial charge in [0.05, 0.1) is 18.4 Å². The molecule has 0 bridgehead atoms. The van der Waals surface area contributed by atoms with Crippen LogP contribution >= 0.6 is 11.6 Å². The number of amides is 1. The Labute approximate surface area is 181 Å². The van der Waals surface area contributed by atoms with Crippen molar-refractivity contribution >= 4 is 17.5 Å². The number of para-hydroxylation sites is 1. The molecule has 0 atom stereocenters. The third-order valence-corrected chi connectivity index (χ3v) is 5.61. The zero-order valence-corrected chi connectivity index (χ0v) is 17.9. The third-order valence-electron chi connectivity index (χ3n) is 5.35. The predicted molar refractivity (Wildman–Crippen MR) is 116 cm³/mol. The average Bonchev–Trinajstić information content (AvgIpc) is 3.14. The van der Waals surface area contributed by atoms with Crippen LogP contribution in [0.1, 0.15) is 21.8 Å². The van der Waals surface area contributed by atoms with E-state index in [2.05, 4.69) is 9.88 Å². The number of halogens is 1. The van der Waals surface area contributed by atoms with Gasteiger partial charge in [0.25, 0.3) is 5.91 Å². The molecule has 1 aliphatic rings. The second-order valence-corrected chi connectivity index (χ2v) is 7.73. The van der Waals surface area contributed by atoms with Gasteiger partial charge in [-0.1, -0.05) is 23.7 Å². The first-order valence-electron chi connectivity index (χ1n) is 9.92. The van der Waals surface area contributed by atoms with Crippen LogP contribution in [0.5, 0.6) is 5.75 Å². The van der Waals surface area contributed by atoms with Crippen LogP contribution in [0.2, 0.25) is 5.02 Å². The fourth-order valence-electron chi connectivity index (χ4n) is 3.60. The molecule has 2 aromatic carbocycles. The smallest absolute Gasteiger partial charge is 0.257 e. The van der Waals surface area contributed by atoms with Crippen molar-refractivity contribution in [2.45, 2.75) is 13.5 Å². The van der Waals surface area contributed by atoms with Gasteiger partial charge in [-0.05, 0) is 43.3 Å². The van der Waals surface area contributed by atoms with E-state index in [1.807, 2.05) is 60.4 Å². The van der Waals surface area contributed by atoms with Gasteiger partial charge in [0.2, 0.25) is 5.89 Å². The van der Waals surface area contributed by atoms with Crippen LogP contribution in [0.15, 0.2) is 52.9 Å². The largest absolute Gasteiger partial charge is 0.496 e. The molecular weight excluding hydrogens is 402 g/mol. The molecule has 1 aromatic heterocycles. The Bertz CT molecular complexity index is 1020. The van der Waals surface area contributed by atoms with Gasteiger partial charge in [0.1, 0.15) is 11.5 Å². The SMILES string of the molecule is COc1ccccc1C(=O)N1CCN(Cc2nc(-c3ccc(Cl)cc3)oc2C)CC1. The number of benzene rings is 2. The second kappa shape index (κ2) is 8.90. The van der Waals surface area contributed by atoms with Gasteiger partial charge < -0.3 is 14.1 Å². The summed E-state index contributed by atoms with van der Waals surface area (Å²) in [6.07, 6.45) is 0. The lowest BCUT2D eigenvalue weighted by Gasteiger charge is -2.34. The van der Waals surface area contributed by atoms with E-state index in [-0.39, 0.29) is 5.91 Å². The molecule has 156 valence electrons. The van der Waals surface area contributed by atoms with Crippen LogP contribution < -0.4 is 4.74 Å². The first-order valence-corrected chi connectivity index (χ1v) is 10.3. The Hall–Kier alpha value is -2.83. The molecule has 1 saturated heterocycles. The van der Waals surface area contributed by atoms with Crippen molar-refractivity contribution in [2.75, 3.05) is 33.3 Å². The first kappa shape index (κ1) is 20.4. The van der Waals surface area contributed by atoms with Crippen LogP contribution in [0.3, 0.4) is 0 Å². The highest BCUT2D eigenvalue weighted by molar-refractivity contribution is 6.30. The van der Waals surface area contributed by atoms with Crippen LogP contribution in [0.25, 0.3) is 11.5 Å². The van der Waals surface area contributed by atoms with Crippen molar-refractivity contribution in [3.05, 3.63) is 70.6 Å². The molecule has 3 aromatic rings. The number of nitrogens with zero attached hydrogens (tertiary/aromatic N) is 3. The Kier molecular flexibility index (Phi) is 6.06. The molecule has 0 saturated carbocycles. The topological polar surface area (TPSA) is 58.8 Å². The van der Waals surface area contributed by atoms with Crippen molar-refractivity contribution in [3.63, 3.8) is 0 Å². The van der Waals surface area contributed by atoms with Gasteiger partial charge in [-0.3, -0.25) is 9.69 Å². The number of methoxy groups -OCH3 is 1. The highest BCUT2D eigenvalue weighted by Crippen LogP contribution is 2.25. The summed E-state index contributed by atoms with van der Waals surface area (Å²) in [5.41, 5.74) is 2.43. The number of carbonyl (C=O) groups excluding carboxylic acids is 1. The van der Waals surface area contributed by atoms with Crippen molar-refractivity contribution < 1.29 is 13.9 Å². The monoisotopic (exact) mass is 425 g/mol. The molecule has 0 unspecified atom stereocenters. The molecule has 1 aliphatic heterocycles. The number of aryl methyl sites for hydroxylation is 1. The van der Waals surface area contributed by atoms with Crippen molar-refractivity contribution in [1.29, 1.82) is 0 Å². The van der Waals surface area contributed by atoms with E-state index in [0.29, 0.717) is 41.9 Å². The lowest BCUT2D eigenvalue weighted by Crippen LogP contribution is -2.48. The third kappa shape index (κ3) is 4.35. The van der Waals surface area contributed by atoms with Crippen LogP contribution in [-0.4, -0.2) is 54.0 Å². The van der Waals surface area contributed by atoms with Crippen LogP contribution in [0, 0.1) is 6.92 Å². The number of oxazole rings is 1. The van der Waals surface area contributed by atoms with E-state index < -0.39 is 0 Å². The zero-order valence-electron chi connectivity index (χ0n) is 17.1. The van der Waals surface area contributed by atoms with E-state index >= 15 is 0 Å². The number of hydrogen-bond acceptors (Lipinski definition) is 5. The molecule has 7 heteroatoms. The number of carbonyl (C=O) groups is 1. The molecule has 0 spiro atoms. The Morgan fingerprint density at radius 1 is 1.10 bits per heavy atom. The fourth-order valence-corrected chi connectivity index (χ4v) is 3.73. The van der Waals surface area contributed by atoms with Crippen molar-refractivity contribution in [3.8, 4) is 17.2 Å². The van der Waals surface area contributed by atoms with Gasteiger partial charge in [0, 0.05) is 43.3 Å². The molecule has 0 aliphatic carbocycles. The van der Waals surface area contributed by atoms with Gasteiger partial charge in [-0.25, -0.2) is 4.98 Å². The van der Waals surface area contributed by atoms with Crippen molar-refractivity contribution in [2.24, 2.45) is 0 Å². The number of piperazine rings is 1. The summed E-state index contributed by atoms with van der Waals surface area (Å²) in [5.74, 6) is 2.03. The minimum Gasteiger partial charge on any atom is -0.496 e.